The average Bonchev–Trinajstić information content (AvgIpc) is 2.65. The van der Waals surface area contributed by atoms with Crippen molar-refractivity contribution < 1.29 is 19.4 Å². The zero-order valence-corrected chi connectivity index (χ0v) is 16.6. The Morgan fingerprint density at radius 1 is 0.893 bits per heavy atom. The quantitative estimate of drug-likeness (QED) is 0.685. The summed E-state index contributed by atoms with van der Waals surface area (Å²) in [5.74, 6) is -0.559. The van der Waals surface area contributed by atoms with Gasteiger partial charge in [-0.15, -0.1) is 0 Å². The number of hydrogen-bond donors (Lipinski definition) is 3. The van der Waals surface area contributed by atoms with E-state index in [2.05, 4.69) is 10.6 Å². The highest BCUT2D eigenvalue weighted by atomic mass is 16.6. The second-order valence-corrected chi connectivity index (χ2v) is 7.72. The summed E-state index contributed by atoms with van der Waals surface area (Å²) in [7, 11) is 0. The van der Waals surface area contributed by atoms with Crippen molar-refractivity contribution in [1.82, 2.24) is 10.6 Å². The molecule has 150 valence electrons. The molecule has 28 heavy (non-hydrogen) atoms. The lowest BCUT2D eigenvalue weighted by Gasteiger charge is -2.28. The van der Waals surface area contributed by atoms with Gasteiger partial charge in [-0.05, 0) is 31.9 Å². The number of benzene rings is 2. The number of rotatable bonds is 7. The van der Waals surface area contributed by atoms with E-state index in [0.717, 1.165) is 11.1 Å². The minimum atomic E-state index is -1.81. The maximum Gasteiger partial charge on any atom is 0.407 e. The minimum absolute atomic E-state index is 0.0598. The number of carbonyl (C=O) groups is 2. The second-order valence-electron chi connectivity index (χ2n) is 7.72. The van der Waals surface area contributed by atoms with Gasteiger partial charge in [-0.25, -0.2) is 4.79 Å². The monoisotopic (exact) mass is 384 g/mol. The number of carbonyl (C=O) groups excluding carboxylic acids is 2. The van der Waals surface area contributed by atoms with Crippen LogP contribution in [0, 0.1) is 0 Å². The molecule has 1 atom stereocenters. The molecule has 0 aliphatic carbocycles. The molecule has 0 fully saturated rings. The van der Waals surface area contributed by atoms with Gasteiger partial charge in [0, 0.05) is 13.0 Å². The van der Waals surface area contributed by atoms with Crippen molar-refractivity contribution in [2.24, 2.45) is 0 Å². The predicted octanol–water partition coefficient (Wildman–Crippen LogP) is 2.80. The first-order valence-electron chi connectivity index (χ1n) is 9.23. The topological polar surface area (TPSA) is 87.7 Å². The fourth-order valence-corrected chi connectivity index (χ4v) is 2.63. The molecule has 2 rings (SSSR count). The van der Waals surface area contributed by atoms with Crippen LogP contribution in [0.25, 0.3) is 0 Å². The Morgan fingerprint density at radius 3 is 1.96 bits per heavy atom. The molecule has 0 bridgehead atoms. The fourth-order valence-electron chi connectivity index (χ4n) is 2.63. The van der Waals surface area contributed by atoms with Gasteiger partial charge in [0.1, 0.15) is 5.60 Å². The third-order valence-corrected chi connectivity index (χ3v) is 3.98. The van der Waals surface area contributed by atoms with E-state index in [4.69, 9.17) is 4.74 Å². The van der Waals surface area contributed by atoms with E-state index in [1.54, 1.807) is 20.8 Å². The molecule has 0 aromatic heterocycles. The zero-order chi connectivity index (χ0) is 20.6. The minimum Gasteiger partial charge on any atom is -0.444 e. The Labute approximate surface area is 165 Å². The first-order valence-corrected chi connectivity index (χ1v) is 9.23. The average molecular weight is 384 g/mol. The van der Waals surface area contributed by atoms with Gasteiger partial charge in [0.2, 0.25) is 0 Å². The van der Waals surface area contributed by atoms with Gasteiger partial charge in [-0.2, -0.15) is 0 Å². The number of aliphatic hydroxyl groups is 1. The summed E-state index contributed by atoms with van der Waals surface area (Å²) >= 11 is 0. The van der Waals surface area contributed by atoms with Crippen LogP contribution < -0.4 is 10.6 Å². The van der Waals surface area contributed by atoms with E-state index in [-0.39, 0.29) is 19.5 Å². The number of hydrogen-bond acceptors (Lipinski definition) is 4. The van der Waals surface area contributed by atoms with E-state index < -0.39 is 23.2 Å². The molecule has 0 aliphatic rings. The molecular formula is C22H28N2O4. The normalized spacial score (nSPS) is 13.3. The van der Waals surface area contributed by atoms with E-state index in [9.17, 15) is 14.7 Å². The highest BCUT2D eigenvalue weighted by Crippen LogP contribution is 2.15. The molecule has 6 nitrogen and oxygen atoms in total. The molecule has 2 aromatic rings. The van der Waals surface area contributed by atoms with Crippen LogP contribution in [0.3, 0.4) is 0 Å². The van der Waals surface area contributed by atoms with E-state index in [1.165, 1.54) is 0 Å². The van der Waals surface area contributed by atoms with Crippen LogP contribution in [0.4, 0.5) is 4.79 Å². The van der Waals surface area contributed by atoms with Crippen molar-refractivity contribution in [2.75, 3.05) is 6.54 Å². The van der Waals surface area contributed by atoms with E-state index in [1.807, 2.05) is 60.7 Å². The van der Waals surface area contributed by atoms with Crippen molar-refractivity contribution in [1.29, 1.82) is 0 Å². The molecule has 0 aliphatic heterocycles. The molecule has 0 saturated carbocycles. The lowest BCUT2D eigenvalue weighted by molar-refractivity contribution is -0.139. The summed E-state index contributed by atoms with van der Waals surface area (Å²) in [5.41, 5.74) is -0.784. The highest BCUT2D eigenvalue weighted by Gasteiger charge is 2.37. The van der Waals surface area contributed by atoms with Crippen molar-refractivity contribution in [3.8, 4) is 0 Å². The summed E-state index contributed by atoms with van der Waals surface area (Å²) in [6.45, 7) is 5.25. The van der Waals surface area contributed by atoms with Gasteiger partial charge in [-0.1, -0.05) is 60.7 Å². The maximum absolute atomic E-state index is 12.8. The lowest BCUT2D eigenvalue weighted by atomic mass is 9.93. The first-order chi connectivity index (χ1) is 13.2. The summed E-state index contributed by atoms with van der Waals surface area (Å²) in [6.07, 6.45) is -0.626. The summed E-state index contributed by atoms with van der Waals surface area (Å²) in [4.78, 5) is 24.8. The van der Waals surface area contributed by atoms with Crippen LogP contribution in [0.5, 0.6) is 0 Å². The fraction of sp³-hybridized carbons (Fsp3) is 0.364. The summed E-state index contributed by atoms with van der Waals surface area (Å²) < 4.78 is 5.20. The molecular weight excluding hydrogens is 356 g/mol. The van der Waals surface area contributed by atoms with Gasteiger partial charge in [0.15, 0.2) is 5.60 Å². The number of ether oxygens (including phenoxy) is 1. The van der Waals surface area contributed by atoms with Crippen LogP contribution in [-0.4, -0.2) is 34.9 Å². The third kappa shape index (κ3) is 7.04. The predicted molar refractivity (Wildman–Crippen MR) is 108 cm³/mol. The molecule has 0 radical (unpaired) electrons. The molecule has 0 spiro atoms. The molecule has 3 N–H and O–H groups in total. The van der Waals surface area contributed by atoms with E-state index in [0.29, 0.717) is 0 Å². The van der Waals surface area contributed by atoms with Crippen molar-refractivity contribution in [3.63, 3.8) is 0 Å². The van der Waals surface area contributed by atoms with Crippen LogP contribution in [-0.2, 0) is 22.5 Å². The van der Waals surface area contributed by atoms with Crippen LogP contribution >= 0.6 is 0 Å². The Morgan fingerprint density at radius 2 is 1.43 bits per heavy atom. The molecule has 6 heteroatoms. The maximum atomic E-state index is 12.8. The second kappa shape index (κ2) is 9.37. The summed E-state index contributed by atoms with van der Waals surface area (Å²) in [5, 5.41) is 16.3. The van der Waals surface area contributed by atoms with Gasteiger partial charge >= 0.3 is 6.09 Å². The Kier molecular flexibility index (Phi) is 7.18. The number of nitrogens with one attached hydrogen (secondary N) is 2. The van der Waals surface area contributed by atoms with Gasteiger partial charge < -0.3 is 20.5 Å². The van der Waals surface area contributed by atoms with Crippen molar-refractivity contribution in [2.45, 2.75) is 44.9 Å². The molecule has 0 unspecified atom stereocenters. The molecule has 0 heterocycles. The number of amides is 2. The lowest BCUT2D eigenvalue weighted by Crippen LogP contribution is -2.55. The standard InChI is InChI=1S/C22H28N2O4/c1-21(2,3)28-20(26)24-16-22(27,14-17-10-6-4-7-11-17)19(25)23-15-18-12-8-5-9-13-18/h4-13,27H,14-16H2,1-3H3,(H,23,25)(H,24,26)/t22-/m1/s1. The van der Waals surface area contributed by atoms with Crippen molar-refractivity contribution in [3.05, 3.63) is 71.8 Å². The Bertz CT molecular complexity index is 772. The SMILES string of the molecule is CC(C)(C)OC(=O)NC[C@](O)(Cc1ccccc1)C(=O)NCc1ccccc1. The smallest absolute Gasteiger partial charge is 0.407 e. The molecule has 2 aromatic carbocycles. The third-order valence-electron chi connectivity index (χ3n) is 3.98. The van der Waals surface area contributed by atoms with Crippen LogP contribution in [0.2, 0.25) is 0 Å². The summed E-state index contributed by atoms with van der Waals surface area (Å²) in [6, 6.07) is 18.6. The Balaban J connectivity index is 2.08. The van der Waals surface area contributed by atoms with Gasteiger partial charge in [-0.3, -0.25) is 4.79 Å². The number of alkyl carbamates (subject to hydrolysis) is 1. The van der Waals surface area contributed by atoms with Crippen molar-refractivity contribution >= 4 is 12.0 Å². The van der Waals surface area contributed by atoms with Crippen LogP contribution in [0.1, 0.15) is 31.9 Å². The van der Waals surface area contributed by atoms with Crippen LogP contribution in [0.15, 0.2) is 60.7 Å². The Hall–Kier alpha value is -2.86. The molecule has 0 saturated heterocycles. The van der Waals surface area contributed by atoms with E-state index >= 15 is 0 Å². The zero-order valence-electron chi connectivity index (χ0n) is 16.6. The van der Waals surface area contributed by atoms with Gasteiger partial charge in [0.05, 0.1) is 6.54 Å². The van der Waals surface area contributed by atoms with Gasteiger partial charge in [0.25, 0.3) is 5.91 Å². The highest BCUT2D eigenvalue weighted by molar-refractivity contribution is 5.86. The largest absolute Gasteiger partial charge is 0.444 e. The molecule has 2 amide bonds. The first kappa shape index (κ1) is 21.4.